The van der Waals surface area contributed by atoms with Crippen molar-refractivity contribution in [1.82, 2.24) is 19.4 Å². The summed E-state index contributed by atoms with van der Waals surface area (Å²) in [7, 11) is -3.38. The van der Waals surface area contributed by atoms with Crippen LogP contribution < -0.4 is 9.44 Å². The Balaban J connectivity index is 2.37. The van der Waals surface area contributed by atoms with Crippen molar-refractivity contribution in [2.24, 2.45) is 0 Å². The van der Waals surface area contributed by atoms with Gasteiger partial charge in [-0.15, -0.1) is 0 Å². The molecular formula is C7H14N4O2S. The average Bonchev–Trinajstić information content (AvgIpc) is 2.64. The van der Waals surface area contributed by atoms with Crippen molar-refractivity contribution < 1.29 is 8.42 Å². The maximum absolute atomic E-state index is 11.2. The predicted molar refractivity (Wildman–Crippen MR) is 52.6 cm³/mol. The molecule has 0 bridgehead atoms. The first-order chi connectivity index (χ1) is 6.64. The Bertz CT molecular complexity index is 346. The molecule has 1 rings (SSSR count). The topological polar surface area (TPSA) is 86.9 Å². The molecule has 0 atom stereocenters. The number of nitrogens with zero attached hydrogens (tertiary/aromatic N) is 1. The second-order valence-electron chi connectivity index (χ2n) is 2.75. The molecule has 14 heavy (non-hydrogen) atoms. The van der Waals surface area contributed by atoms with Crippen LogP contribution in [0.4, 0.5) is 0 Å². The predicted octanol–water partition coefficient (Wildman–Crippen LogP) is -0.256. The van der Waals surface area contributed by atoms with Crippen LogP contribution in [0.25, 0.3) is 0 Å². The molecule has 7 heteroatoms. The van der Waals surface area contributed by atoms with E-state index in [1.807, 2.05) is 6.92 Å². The van der Waals surface area contributed by atoms with Crippen molar-refractivity contribution in [2.45, 2.75) is 19.9 Å². The molecule has 0 aromatic carbocycles. The number of aromatic amines is 1. The highest BCUT2D eigenvalue weighted by molar-refractivity contribution is 7.87. The lowest BCUT2D eigenvalue weighted by atomic mass is 10.5. The fraction of sp³-hybridized carbons (Fsp3) is 0.571. The fourth-order valence-electron chi connectivity index (χ4n) is 0.845. The Morgan fingerprint density at radius 3 is 2.86 bits per heavy atom. The lowest BCUT2D eigenvalue weighted by Crippen LogP contribution is -2.36. The van der Waals surface area contributed by atoms with Crippen LogP contribution in [0.1, 0.15) is 19.2 Å². The van der Waals surface area contributed by atoms with E-state index in [0.717, 1.165) is 6.42 Å². The van der Waals surface area contributed by atoms with Gasteiger partial charge in [-0.25, -0.2) is 9.71 Å². The fourth-order valence-corrected chi connectivity index (χ4v) is 1.75. The zero-order valence-electron chi connectivity index (χ0n) is 7.95. The largest absolute Gasteiger partial charge is 0.347 e. The summed E-state index contributed by atoms with van der Waals surface area (Å²) in [6.07, 6.45) is 3.98. The second kappa shape index (κ2) is 5.08. The maximum atomic E-state index is 11.2. The minimum absolute atomic E-state index is 0.173. The smallest absolute Gasteiger partial charge is 0.277 e. The third-order valence-corrected chi connectivity index (χ3v) is 2.64. The lowest BCUT2D eigenvalue weighted by Gasteiger charge is -2.05. The molecule has 0 aliphatic rings. The van der Waals surface area contributed by atoms with E-state index in [9.17, 15) is 8.42 Å². The second-order valence-corrected chi connectivity index (χ2v) is 4.34. The first-order valence-electron chi connectivity index (χ1n) is 4.36. The molecule has 3 N–H and O–H groups in total. The molecular weight excluding hydrogens is 204 g/mol. The van der Waals surface area contributed by atoms with E-state index < -0.39 is 10.2 Å². The molecule has 0 spiro atoms. The molecule has 0 aliphatic heterocycles. The summed E-state index contributed by atoms with van der Waals surface area (Å²) < 4.78 is 27.2. The normalized spacial score (nSPS) is 11.8. The van der Waals surface area contributed by atoms with Gasteiger partial charge in [0, 0.05) is 18.9 Å². The number of nitrogens with one attached hydrogen (secondary N) is 3. The zero-order chi connectivity index (χ0) is 10.4. The Labute approximate surface area is 83.3 Å². The van der Waals surface area contributed by atoms with Gasteiger partial charge in [0.1, 0.15) is 5.82 Å². The summed E-state index contributed by atoms with van der Waals surface area (Å²) in [6, 6.07) is 0. The van der Waals surface area contributed by atoms with E-state index in [1.165, 1.54) is 0 Å². The monoisotopic (exact) mass is 218 g/mol. The number of rotatable bonds is 6. The van der Waals surface area contributed by atoms with Gasteiger partial charge in [-0.1, -0.05) is 6.92 Å². The van der Waals surface area contributed by atoms with Crippen LogP contribution in [0, 0.1) is 0 Å². The Hall–Kier alpha value is -0.920. The van der Waals surface area contributed by atoms with Gasteiger partial charge >= 0.3 is 0 Å². The molecule has 0 unspecified atom stereocenters. The first-order valence-corrected chi connectivity index (χ1v) is 5.85. The van der Waals surface area contributed by atoms with Crippen LogP contribution in [0.2, 0.25) is 0 Å². The third kappa shape index (κ3) is 3.86. The number of hydrogen-bond acceptors (Lipinski definition) is 3. The molecule has 1 heterocycles. The Morgan fingerprint density at radius 2 is 2.29 bits per heavy atom. The van der Waals surface area contributed by atoms with Crippen LogP contribution in [0.3, 0.4) is 0 Å². The van der Waals surface area contributed by atoms with Crippen LogP contribution in [0.15, 0.2) is 12.4 Å². The molecule has 0 amide bonds. The van der Waals surface area contributed by atoms with E-state index in [4.69, 9.17) is 0 Å². The van der Waals surface area contributed by atoms with E-state index in [2.05, 4.69) is 19.4 Å². The number of H-pyrrole nitrogens is 1. The van der Waals surface area contributed by atoms with Gasteiger partial charge in [0.25, 0.3) is 10.2 Å². The minimum Gasteiger partial charge on any atom is -0.347 e. The Morgan fingerprint density at radius 1 is 1.50 bits per heavy atom. The summed E-state index contributed by atoms with van der Waals surface area (Å²) in [5.41, 5.74) is 0. The highest BCUT2D eigenvalue weighted by Gasteiger charge is 2.07. The quantitative estimate of drug-likeness (QED) is 0.615. The molecule has 6 nitrogen and oxygen atoms in total. The number of hydrogen-bond donors (Lipinski definition) is 3. The van der Waals surface area contributed by atoms with Crippen molar-refractivity contribution >= 4 is 10.2 Å². The summed E-state index contributed by atoms with van der Waals surface area (Å²) >= 11 is 0. The molecule has 0 saturated heterocycles. The molecule has 0 aliphatic carbocycles. The average molecular weight is 218 g/mol. The van der Waals surface area contributed by atoms with E-state index in [1.54, 1.807) is 12.4 Å². The van der Waals surface area contributed by atoms with Crippen molar-refractivity contribution in [1.29, 1.82) is 0 Å². The van der Waals surface area contributed by atoms with Gasteiger partial charge in [-0.05, 0) is 6.42 Å². The summed E-state index contributed by atoms with van der Waals surface area (Å²) in [5.74, 6) is 0.590. The van der Waals surface area contributed by atoms with Gasteiger partial charge < -0.3 is 4.98 Å². The first kappa shape index (κ1) is 11.2. The van der Waals surface area contributed by atoms with E-state index in [-0.39, 0.29) is 6.54 Å². The lowest BCUT2D eigenvalue weighted by molar-refractivity contribution is 0.564. The van der Waals surface area contributed by atoms with Gasteiger partial charge in [-0.2, -0.15) is 13.1 Å². The SMILES string of the molecule is CCCNS(=O)(=O)NCc1ncc[nH]1. The summed E-state index contributed by atoms with van der Waals surface area (Å²) in [6.45, 7) is 2.51. The molecule has 0 saturated carbocycles. The number of imidazole rings is 1. The highest BCUT2D eigenvalue weighted by Crippen LogP contribution is 1.88. The highest BCUT2D eigenvalue weighted by atomic mass is 32.2. The van der Waals surface area contributed by atoms with Crippen molar-refractivity contribution in [2.75, 3.05) is 6.54 Å². The van der Waals surface area contributed by atoms with Crippen molar-refractivity contribution in [3.63, 3.8) is 0 Å². The summed E-state index contributed by atoms with van der Waals surface area (Å²) in [4.78, 5) is 6.69. The molecule has 0 radical (unpaired) electrons. The molecule has 1 aromatic rings. The zero-order valence-corrected chi connectivity index (χ0v) is 8.76. The van der Waals surface area contributed by atoms with Gasteiger partial charge in [0.05, 0.1) is 6.54 Å². The van der Waals surface area contributed by atoms with E-state index >= 15 is 0 Å². The number of aromatic nitrogens is 2. The van der Waals surface area contributed by atoms with Crippen molar-refractivity contribution in [3.05, 3.63) is 18.2 Å². The van der Waals surface area contributed by atoms with Gasteiger partial charge in [0.2, 0.25) is 0 Å². The van der Waals surface area contributed by atoms with Crippen molar-refractivity contribution in [3.8, 4) is 0 Å². The molecule has 1 aromatic heterocycles. The van der Waals surface area contributed by atoms with Gasteiger partial charge in [0.15, 0.2) is 0 Å². The van der Waals surface area contributed by atoms with Crippen LogP contribution in [0.5, 0.6) is 0 Å². The standard InChI is InChI=1S/C7H14N4O2S/c1-2-3-10-14(12,13)11-6-7-8-4-5-9-7/h4-5,10-11H,2-3,6H2,1H3,(H,8,9). The molecule has 0 fully saturated rings. The minimum atomic E-state index is -3.38. The maximum Gasteiger partial charge on any atom is 0.277 e. The van der Waals surface area contributed by atoms with E-state index in [0.29, 0.717) is 12.4 Å². The van der Waals surface area contributed by atoms with Crippen LogP contribution >= 0.6 is 0 Å². The van der Waals surface area contributed by atoms with Gasteiger partial charge in [-0.3, -0.25) is 0 Å². The van der Waals surface area contributed by atoms with Crippen LogP contribution in [-0.4, -0.2) is 24.9 Å². The third-order valence-electron chi connectivity index (χ3n) is 1.53. The molecule has 80 valence electrons. The van der Waals surface area contributed by atoms with Crippen LogP contribution in [-0.2, 0) is 16.8 Å². The summed E-state index contributed by atoms with van der Waals surface area (Å²) in [5, 5.41) is 0. The Kier molecular flexibility index (Phi) is 4.05.